The second kappa shape index (κ2) is 8.88. The van der Waals surface area contributed by atoms with Crippen molar-refractivity contribution in [2.75, 3.05) is 12.5 Å². The van der Waals surface area contributed by atoms with Crippen molar-refractivity contribution in [2.45, 2.75) is 26.2 Å². The van der Waals surface area contributed by atoms with Gasteiger partial charge in [0.15, 0.2) is 0 Å². The fourth-order valence-corrected chi connectivity index (χ4v) is 4.88. The summed E-state index contributed by atoms with van der Waals surface area (Å²) in [7, 11) is 1.66. The third-order valence-electron chi connectivity index (χ3n) is 5.47. The average Bonchev–Trinajstić information content (AvgIpc) is 3.24. The van der Waals surface area contributed by atoms with Crippen LogP contribution in [0.4, 0.5) is 5.69 Å². The zero-order valence-electron chi connectivity index (χ0n) is 18.0. The molecule has 0 saturated heterocycles. The van der Waals surface area contributed by atoms with Crippen molar-refractivity contribution in [1.82, 2.24) is 15.0 Å². The number of rotatable bonds is 5. The van der Waals surface area contributed by atoms with Gasteiger partial charge in [-0.1, -0.05) is 18.2 Å². The van der Waals surface area contributed by atoms with Crippen molar-refractivity contribution in [3.8, 4) is 26.9 Å². The highest BCUT2D eigenvalue weighted by Crippen LogP contribution is 2.35. The van der Waals surface area contributed by atoms with Gasteiger partial charge in [-0.3, -0.25) is 10.4 Å². The molecule has 4 aromatic rings. The number of hydrogen-bond acceptors (Lipinski definition) is 7. The fourth-order valence-electron chi connectivity index (χ4n) is 3.85. The van der Waals surface area contributed by atoms with E-state index >= 15 is 0 Å². The summed E-state index contributed by atoms with van der Waals surface area (Å²) in [5, 5.41) is 5.67. The van der Waals surface area contributed by atoms with E-state index in [0.29, 0.717) is 0 Å². The second-order valence-corrected chi connectivity index (χ2v) is 8.60. The summed E-state index contributed by atoms with van der Waals surface area (Å²) in [6, 6.07) is 16.0. The number of fused-ring (bicyclic) bond motifs is 1. The lowest BCUT2D eigenvalue weighted by Crippen LogP contribution is -2.16. The van der Waals surface area contributed by atoms with E-state index in [0.717, 1.165) is 68.9 Å². The van der Waals surface area contributed by atoms with Gasteiger partial charge in [-0.2, -0.15) is 5.10 Å². The predicted molar refractivity (Wildman–Crippen MR) is 129 cm³/mol. The third kappa shape index (κ3) is 3.99. The zero-order chi connectivity index (χ0) is 21.9. The Balaban J connectivity index is 1.49. The summed E-state index contributed by atoms with van der Waals surface area (Å²) in [4.78, 5) is 15.1. The Morgan fingerprint density at radius 2 is 1.94 bits per heavy atom. The number of nitrogens with one attached hydrogen (secondary N) is 1. The summed E-state index contributed by atoms with van der Waals surface area (Å²) in [5.74, 6) is 0.762. The van der Waals surface area contributed by atoms with E-state index in [-0.39, 0.29) is 0 Å². The Hall–Kier alpha value is -3.58. The highest BCUT2D eigenvalue weighted by Gasteiger charge is 2.20. The summed E-state index contributed by atoms with van der Waals surface area (Å²) < 4.78 is 5.43. The number of aryl methyl sites for hydroxylation is 2. The molecule has 0 radical (unpaired) electrons. The largest absolute Gasteiger partial charge is 0.495 e. The Bertz CT molecular complexity index is 1280. The normalized spacial score (nSPS) is 14.2. The maximum absolute atomic E-state index is 5.43. The Morgan fingerprint density at radius 3 is 2.78 bits per heavy atom. The fraction of sp³-hybridized carbons (Fsp3) is 0.200. The number of hydrazone groups is 1. The molecule has 0 saturated carbocycles. The first-order valence-electron chi connectivity index (χ1n) is 10.6. The van der Waals surface area contributed by atoms with E-state index in [1.54, 1.807) is 24.6 Å². The SMILES string of the molecule is COc1ccccc1N/N=C1/CCCc2ccc(-c3sc(-c4cccnc4)nc3C)nc21. The number of anilines is 1. The van der Waals surface area contributed by atoms with Crippen LogP contribution < -0.4 is 10.2 Å². The first kappa shape index (κ1) is 20.3. The molecule has 3 heterocycles. The van der Waals surface area contributed by atoms with Gasteiger partial charge in [-0.05, 0) is 62.1 Å². The number of para-hydroxylation sites is 2. The van der Waals surface area contributed by atoms with Gasteiger partial charge in [-0.15, -0.1) is 11.3 Å². The lowest BCUT2D eigenvalue weighted by Gasteiger charge is -2.18. The van der Waals surface area contributed by atoms with Gasteiger partial charge >= 0.3 is 0 Å². The maximum Gasteiger partial charge on any atom is 0.143 e. The van der Waals surface area contributed by atoms with Gasteiger partial charge in [0.1, 0.15) is 10.8 Å². The minimum absolute atomic E-state index is 0.762. The van der Waals surface area contributed by atoms with E-state index < -0.39 is 0 Å². The second-order valence-electron chi connectivity index (χ2n) is 7.60. The maximum atomic E-state index is 5.43. The molecule has 32 heavy (non-hydrogen) atoms. The van der Waals surface area contributed by atoms with Crippen LogP contribution in [0.3, 0.4) is 0 Å². The van der Waals surface area contributed by atoms with Crippen LogP contribution in [0.15, 0.2) is 66.0 Å². The summed E-state index contributed by atoms with van der Waals surface area (Å²) in [6.07, 6.45) is 6.57. The number of thiazole rings is 1. The van der Waals surface area contributed by atoms with Crippen LogP contribution in [-0.2, 0) is 6.42 Å². The molecular weight excluding hydrogens is 418 g/mol. The molecule has 0 aliphatic heterocycles. The first-order chi connectivity index (χ1) is 15.7. The minimum atomic E-state index is 0.762. The molecule has 0 spiro atoms. The Labute approximate surface area is 191 Å². The standard InChI is InChI=1S/C25H23N5OS/c1-16-24(32-25(27-16)18-8-6-14-26-15-18)21-13-12-17-7-5-10-20(23(17)28-21)30-29-19-9-3-4-11-22(19)31-2/h3-4,6,8-9,11-15,29H,5,7,10H2,1-2H3/b30-20-. The van der Waals surface area contributed by atoms with Crippen LogP contribution in [0.5, 0.6) is 5.75 Å². The van der Waals surface area contributed by atoms with Gasteiger partial charge in [0.2, 0.25) is 0 Å². The first-order valence-corrected chi connectivity index (χ1v) is 11.4. The molecule has 0 fully saturated rings. The molecule has 3 aromatic heterocycles. The van der Waals surface area contributed by atoms with Crippen molar-refractivity contribution in [3.63, 3.8) is 0 Å². The highest BCUT2D eigenvalue weighted by molar-refractivity contribution is 7.18. The van der Waals surface area contributed by atoms with Crippen LogP contribution in [0, 0.1) is 6.92 Å². The molecule has 0 unspecified atom stereocenters. The molecule has 1 N–H and O–H groups in total. The van der Waals surface area contributed by atoms with E-state index in [4.69, 9.17) is 19.8 Å². The lowest BCUT2D eigenvalue weighted by molar-refractivity contribution is 0.416. The number of benzene rings is 1. The molecule has 1 aliphatic carbocycles. The van der Waals surface area contributed by atoms with Gasteiger partial charge in [0, 0.05) is 18.0 Å². The Kier molecular flexibility index (Phi) is 5.64. The number of ether oxygens (including phenoxy) is 1. The molecular formula is C25H23N5OS. The molecule has 0 amide bonds. The van der Waals surface area contributed by atoms with Crippen LogP contribution >= 0.6 is 11.3 Å². The molecule has 7 heteroatoms. The van der Waals surface area contributed by atoms with Crippen molar-refractivity contribution in [1.29, 1.82) is 0 Å². The third-order valence-corrected chi connectivity index (χ3v) is 6.70. The van der Waals surface area contributed by atoms with Crippen LogP contribution in [-0.4, -0.2) is 27.8 Å². The van der Waals surface area contributed by atoms with Crippen LogP contribution in [0.2, 0.25) is 0 Å². The van der Waals surface area contributed by atoms with E-state index in [1.165, 1.54) is 5.56 Å². The number of hydrogen-bond donors (Lipinski definition) is 1. The van der Waals surface area contributed by atoms with Crippen molar-refractivity contribution in [2.24, 2.45) is 5.10 Å². The molecule has 1 aliphatic rings. The molecule has 0 bridgehead atoms. The van der Waals surface area contributed by atoms with E-state index in [9.17, 15) is 0 Å². The quantitative estimate of drug-likeness (QED) is 0.400. The predicted octanol–water partition coefficient (Wildman–Crippen LogP) is 5.74. The van der Waals surface area contributed by atoms with Crippen molar-refractivity contribution in [3.05, 3.63) is 77.9 Å². The smallest absolute Gasteiger partial charge is 0.143 e. The highest BCUT2D eigenvalue weighted by atomic mass is 32.1. The summed E-state index contributed by atoms with van der Waals surface area (Å²) >= 11 is 1.65. The van der Waals surface area contributed by atoms with E-state index in [1.807, 2.05) is 49.5 Å². The summed E-state index contributed by atoms with van der Waals surface area (Å²) in [5.41, 5.74) is 10.1. The molecule has 1 aromatic carbocycles. The molecule has 0 atom stereocenters. The number of nitrogens with zero attached hydrogens (tertiary/aromatic N) is 4. The number of methoxy groups -OCH3 is 1. The van der Waals surface area contributed by atoms with Gasteiger partial charge in [0.25, 0.3) is 0 Å². The zero-order valence-corrected chi connectivity index (χ0v) is 18.8. The number of pyridine rings is 2. The van der Waals surface area contributed by atoms with Crippen molar-refractivity contribution < 1.29 is 4.74 Å². The average molecular weight is 442 g/mol. The van der Waals surface area contributed by atoms with Gasteiger partial charge < -0.3 is 4.74 Å². The van der Waals surface area contributed by atoms with E-state index in [2.05, 4.69) is 22.5 Å². The molecule has 6 nitrogen and oxygen atoms in total. The monoisotopic (exact) mass is 441 g/mol. The van der Waals surface area contributed by atoms with Gasteiger partial charge in [-0.25, -0.2) is 9.97 Å². The lowest BCUT2D eigenvalue weighted by atomic mass is 9.94. The molecule has 5 rings (SSSR count). The van der Waals surface area contributed by atoms with Crippen molar-refractivity contribution >= 4 is 22.7 Å². The Morgan fingerprint density at radius 1 is 1.03 bits per heavy atom. The van der Waals surface area contributed by atoms with Gasteiger partial charge in [0.05, 0.1) is 40.5 Å². The van der Waals surface area contributed by atoms with Crippen LogP contribution in [0.25, 0.3) is 21.1 Å². The molecule has 160 valence electrons. The topological polar surface area (TPSA) is 72.3 Å². The number of aromatic nitrogens is 3. The minimum Gasteiger partial charge on any atom is -0.495 e. The summed E-state index contributed by atoms with van der Waals surface area (Å²) in [6.45, 7) is 2.03. The van der Waals surface area contributed by atoms with Crippen LogP contribution in [0.1, 0.15) is 29.8 Å².